The number of hydrogen-bond acceptors (Lipinski definition) is 4. The summed E-state index contributed by atoms with van der Waals surface area (Å²) in [6.07, 6.45) is 1.08. The number of halogens is 1. The second kappa shape index (κ2) is 8.60. The van der Waals surface area contributed by atoms with Gasteiger partial charge in [-0.15, -0.1) is 0 Å². The van der Waals surface area contributed by atoms with Crippen LogP contribution in [0.3, 0.4) is 0 Å². The number of likely N-dealkylation sites (tertiary alicyclic amines) is 1. The molecule has 0 spiro atoms. The van der Waals surface area contributed by atoms with Crippen LogP contribution in [0, 0.1) is 11.7 Å². The molecule has 5 heteroatoms. The van der Waals surface area contributed by atoms with Crippen molar-refractivity contribution in [2.45, 2.75) is 12.3 Å². The first-order valence-electron chi connectivity index (χ1n) is 10.7. The van der Waals surface area contributed by atoms with Gasteiger partial charge < -0.3 is 19.1 Å². The van der Waals surface area contributed by atoms with E-state index in [0.717, 1.165) is 47.9 Å². The lowest BCUT2D eigenvalue weighted by molar-refractivity contribution is 0.129. The topological polar surface area (TPSA) is 30.9 Å². The lowest BCUT2D eigenvalue weighted by Crippen LogP contribution is -2.39. The van der Waals surface area contributed by atoms with Crippen molar-refractivity contribution in [2.75, 3.05) is 33.5 Å². The van der Waals surface area contributed by atoms with Crippen LogP contribution in [0.1, 0.15) is 17.9 Å². The van der Waals surface area contributed by atoms with Crippen LogP contribution in [0.25, 0.3) is 11.1 Å². The Morgan fingerprint density at radius 3 is 2.68 bits per heavy atom. The fourth-order valence-corrected chi connectivity index (χ4v) is 4.58. The molecule has 0 radical (unpaired) electrons. The summed E-state index contributed by atoms with van der Waals surface area (Å²) in [6, 6.07) is 21.1. The fourth-order valence-electron chi connectivity index (χ4n) is 4.58. The van der Waals surface area contributed by atoms with Gasteiger partial charge in [0.1, 0.15) is 11.6 Å². The van der Waals surface area contributed by atoms with Gasteiger partial charge >= 0.3 is 0 Å². The highest BCUT2D eigenvalue weighted by molar-refractivity contribution is 5.64. The van der Waals surface area contributed by atoms with Gasteiger partial charge in [0.05, 0.1) is 6.61 Å². The standard InChI is InChI=1S/C26H26FNO3/c1-28-12-11-24(20-4-2-3-19(13-20)18-5-7-22(27)8-6-18)21(15-28)16-29-23-9-10-25-26(14-23)31-17-30-25/h2-10,13-14,21,24H,11-12,15-17H2,1H3/t21-,24-/m0/s1. The van der Waals surface area contributed by atoms with E-state index in [2.05, 4.69) is 36.2 Å². The summed E-state index contributed by atoms with van der Waals surface area (Å²) in [5.41, 5.74) is 3.46. The van der Waals surface area contributed by atoms with E-state index in [4.69, 9.17) is 14.2 Å². The lowest BCUT2D eigenvalue weighted by Gasteiger charge is -2.37. The predicted octanol–water partition coefficient (Wildman–Crippen LogP) is 5.34. The molecule has 4 nitrogen and oxygen atoms in total. The monoisotopic (exact) mass is 419 g/mol. The van der Waals surface area contributed by atoms with Gasteiger partial charge in [-0.3, -0.25) is 0 Å². The Morgan fingerprint density at radius 2 is 1.81 bits per heavy atom. The van der Waals surface area contributed by atoms with Crippen molar-refractivity contribution in [3.63, 3.8) is 0 Å². The van der Waals surface area contributed by atoms with Gasteiger partial charge in [0.25, 0.3) is 0 Å². The van der Waals surface area contributed by atoms with Crippen LogP contribution in [0.15, 0.2) is 66.7 Å². The molecule has 0 aromatic heterocycles. The summed E-state index contributed by atoms with van der Waals surface area (Å²) in [5, 5.41) is 0. The van der Waals surface area contributed by atoms with E-state index in [-0.39, 0.29) is 12.6 Å². The van der Waals surface area contributed by atoms with E-state index in [1.165, 1.54) is 17.7 Å². The first-order chi connectivity index (χ1) is 15.2. The van der Waals surface area contributed by atoms with Crippen LogP contribution in [-0.2, 0) is 0 Å². The lowest BCUT2D eigenvalue weighted by atomic mass is 9.80. The number of piperidine rings is 1. The average Bonchev–Trinajstić information content (AvgIpc) is 3.26. The second-order valence-corrected chi connectivity index (χ2v) is 8.38. The van der Waals surface area contributed by atoms with Gasteiger partial charge in [-0.1, -0.05) is 36.4 Å². The molecule has 31 heavy (non-hydrogen) atoms. The molecule has 3 aromatic carbocycles. The number of fused-ring (bicyclic) bond motifs is 1. The summed E-state index contributed by atoms with van der Waals surface area (Å²) in [6.45, 7) is 2.94. The maximum absolute atomic E-state index is 13.3. The predicted molar refractivity (Wildman–Crippen MR) is 118 cm³/mol. The van der Waals surface area contributed by atoms with Gasteiger partial charge in [0, 0.05) is 18.5 Å². The van der Waals surface area contributed by atoms with Crippen molar-refractivity contribution < 1.29 is 18.6 Å². The Labute approximate surface area is 182 Å². The molecule has 0 N–H and O–H groups in total. The summed E-state index contributed by atoms with van der Waals surface area (Å²) in [4.78, 5) is 2.37. The quantitative estimate of drug-likeness (QED) is 0.559. The molecule has 2 heterocycles. The molecule has 1 fully saturated rings. The number of nitrogens with zero attached hydrogens (tertiary/aromatic N) is 1. The molecule has 2 aliphatic rings. The van der Waals surface area contributed by atoms with Crippen molar-refractivity contribution in [3.05, 3.63) is 78.1 Å². The third-order valence-corrected chi connectivity index (χ3v) is 6.24. The van der Waals surface area contributed by atoms with Crippen LogP contribution in [0.2, 0.25) is 0 Å². The first kappa shape index (κ1) is 19.9. The van der Waals surface area contributed by atoms with Crippen LogP contribution in [0.5, 0.6) is 17.2 Å². The number of hydrogen-bond donors (Lipinski definition) is 0. The second-order valence-electron chi connectivity index (χ2n) is 8.38. The highest BCUT2D eigenvalue weighted by Gasteiger charge is 2.30. The first-order valence-corrected chi connectivity index (χ1v) is 10.7. The molecule has 1 saturated heterocycles. The summed E-state index contributed by atoms with van der Waals surface area (Å²) < 4.78 is 30.4. The molecule has 2 atom stereocenters. The van der Waals surface area contributed by atoms with E-state index < -0.39 is 0 Å². The average molecular weight is 419 g/mol. The zero-order valence-corrected chi connectivity index (χ0v) is 17.6. The van der Waals surface area contributed by atoms with Gasteiger partial charge in [0.15, 0.2) is 11.5 Å². The summed E-state index contributed by atoms with van der Waals surface area (Å²) >= 11 is 0. The molecule has 0 unspecified atom stereocenters. The number of rotatable bonds is 5. The van der Waals surface area contributed by atoms with Crippen molar-refractivity contribution >= 4 is 0 Å². The minimum Gasteiger partial charge on any atom is -0.493 e. The molecule has 2 aliphatic heterocycles. The van der Waals surface area contributed by atoms with Crippen molar-refractivity contribution in [1.82, 2.24) is 4.90 Å². The molecule has 0 aliphatic carbocycles. The Balaban J connectivity index is 1.34. The highest BCUT2D eigenvalue weighted by atomic mass is 19.1. The van der Waals surface area contributed by atoms with Crippen LogP contribution >= 0.6 is 0 Å². The minimum atomic E-state index is -0.212. The van der Waals surface area contributed by atoms with Crippen LogP contribution in [-0.4, -0.2) is 38.4 Å². The molecule has 0 saturated carbocycles. The Bertz CT molecular complexity index is 1050. The largest absolute Gasteiger partial charge is 0.493 e. The van der Waals surface area contributed by atoms with Gasteiger partial charge in [-0.2, -0.15) is 0 Å². The van der Waals surface area contributed by atoms with Gasteiger partial charge in [-0.25, -0.2) is 4.39 Å². The van der Waals surface area contributed by atoms with E-state index in [0.29, 0.717) is 18.4 Å². The summed E-state index contributed by atoms with van der Waals surface area (Å²) in [7, 11) is 2.17. The molecule has 0 bridgehead atoms. The maximum atomic E-state index is 13.3. The molecular weight excluding hydrogens is 393 g/mol. The molecule has 160 valence electrons. The van der Waals surface area contributed by atoms with E-state index in [9.17, 15) is 4.39 Å². The fraction of sp³-hybridized carbons (Fsp3) is 0.308. The third kappa shape index (κ3) is 4.37. The number of benzene rings is 3. The zero-order valence-electron chi connectivity index (χ0n) is 17.6. The smallest absolute Gasteiger partial charge is 0.231 e. The zero-order chi connectivity index (χ0) is 21.2. The highest BCUT2D eigenvalue weighted by Crippen LogP contribution is 2.37. The van der Waals surface area contributed by atoms with Crippen molar-refractivity contribution in [2.24, 2.45) is 5.92 Å². The van der Waals surface area contributed by atoms with Gasteiger partial charge in [0.2, 0.25) is 6.79 Å². The number of ether oxygens (including phenoxy) is 3. The van der Waals surface area contributed by atoms with Crippen LogP contribution < -0.4 is 14.2 Å². The summed E-state index contributed by atoms with van der Waals surface area (Å²) in [5.74, 6) is 2.87. The maximum Gasteiger partial charge on any atom is 0.231 e. The Kier molecular flexibility index (Phi) is 5.51. The Hall–Kier alpha value is -3.05. The van der Waals surface area contributed by atoms with E-state index in [1.54, 1.807) is 0 Å². The van der Waals surface area contributed by atoms with Crippen molar-refractivity contribution in [3.8, 4) is 28.4 Å². The van der Waals surface area contributed by atoms with E-state index >= 15 is 0 Å². The normalized spacial score (nSPS) is 20.6. The third-order valence-electron chi connectivity index (χ3n) is 6.24. The SMILES string of the molecule is CN1CC[C@@H](c2cccc(-c3ccc(F)cc3)c2)[C@H](COc2ccc3c(c2)OCO3)C1. The molecule has 0 amide bonds. The minimum absolute atomic E-state index is 0.212. The van der Waals surface area contributed by atoms with Gasteiger partial charge in [-0.05, 0) is 66.9 Å². The molecule has 5 rings (SSSR count). The van der Waals surface area contributed by atoms with Crippen molar-refractivity contribution in [1.29, 1.82) is 0 Å². The van der Waals surface area contributed by atoms with E-state index in [1.807, 2.05) is 30.3 Å². The Morgan fingerprint density at radius 1 is 0.968 bits per heavy atom. The molecular formula is C26H26FNO3. The van der Waals surface area contributed by atoms with Crippen LogP contribution in [0.4, 0.5) is 4.39 Å². The molecule has 3 aromatic rings.